The summed E-state index contributed by atoms with van der Waals surface area (Å²) in [4.78, 5) is 37.9. The topological polar surface area (TPSA) is 78.9 Å². The molecule has 1 unspecified atom stereocenters. The zero-order valence-corrected chi connectivity index (χ0v) is 40.5. The molecule has 6 heteroatoms. The van der Waals surface area contributed by atoms with Crippen molar-refractivity contribution in [1.82, 2.24) is 0 Å². The van der Waals surface area contributed by atoms with E-state index < -0.39 is 12.1 Å². The maximum atomic E-state index is 12.7. The van der Waals surface area contributed by atoms with Gasteiger partial charge in [-0.25, -0.2) is 0 Å². The molecule has 0 radical (unpaired) electrons. The summed E-state index contributed by atoms with van der Waals surface area (Å²) in [6.45, 7) is 6.20. The third-order valence-electron chi connectivity index (χ3n) is 9.67. The lowest BCUT2D eigenvalue weighted by molar-refractivity contribution is -0.166. The van der Waals surface area contributed by atoms with Crippen molar-refractivity contribution in [3.05, 3.63) is 146 Å². The molecular formula is C58H88O6. The zero-order chi connectivity index (χ0) is 46.5. The standard InChI is InChI=1S/C58H88O6/c1-4-7-10-13-16-19-22-25-27-29-31-33-36-39-42-45-48-51-57(60)63-54-55(53-62-56(59)50-47-44-41-38-35-32-24-21-18-15-12-9-6-3)64-58(61)52-49-46-43-40-37-34-30-28-26-23-20-17-14-11-8-5-2/h8-9,11-12,15,17-18,20-21,24-28,31-35,37,39,42-43,46,55H,4-7,10,13-14,16,19,22-23,29-30,36,38,40-41,44-45,47-54H2,1-3H3/b11-8-,12-9-,18-15-,20-17-,24-21-,27-25-,28-26-,33-31-,35-32-,37-34-,42-39-,46-43-. The number of esters is 3. The van der Waals surface area contributed by atoms with Gasteiger partial charge in [-0.15, -0.1) is 0 Å². The first kappa shape index (κ1) is 59.3. The molecule has 6 nitrogen and oxygen atoms in total. The van der Waals surface area contributed by atoms with Crippen LogP contribution in [0.4, 0.5) is 0 Å². The maximum absolute atomic E-state index is 12.7. The molecule has 0 rings (SSSR count). The van der Waals surface area contributed by atoms with Crippen LogP contribution in [0.1, 0.15) is 181 Å². The Balaban J connectivity index is 4.66. The number of hydrogen-bond acceptors (Lipinski definition) is 6. The van der Waals surface area contributed by atoms with Crippen molar-refractivity contribution >= 4 is 17.9 Å². The quantitative estimate of drug-likeness (QED) is 0.0200. The molecule has 0 aromatic rings. The predicted octanol–water partition coefficient (Wildman–Crippen LogP) is 16.5. The summed E-state index contributed by atoms with van der Waals surface area (Å²) in [5, 5.41) is 0. The average Bonchev–Trinajstić information content (AvgIpc) is 3.29. The van der Waals surface area contributed by atoms with Gasteiger partial charge < -0.3 is 14.2 Å². The fraction of sp³-hybridized carbons (Fsp3) is 0.534. The molecule has 0 spiro atoms. The fourth-order valence-electron chi connectivity index (χ4n) is 5.99. The van der Waals surface area contributed by atoms with Crippen molar-refractivity contribution in [3.63, 3.8) is 0 Å². The molecule has 0 amide bonds. The maximum Gasteiger partial charge on any atom is 0.306 e. The Kier molecular flexibility index (Phi) is 47.2. The second kappa shape index (κ2) is 50.9. The molecular weight excluding hydrogens is 793 g/mol. The van der Waals surface area contributed by atoms with E-state index in [1.807, 2.05) is 48.6 Å². The smallest absolute Gasteiger partial charge is 0.306 e. The van der Waals surface area contributed by atoms with Gasteiger partial charge in [-0.1, -0.05) is 205 Å². The van der Waals surface area contributed by atoms with Gasteiger partial charge in [-0.3, -0.25) is 14.4 Å². The molecule has 0 saturated carbocycles. The number of carbonyl (C=O) groups is 3. The summed E-state index contributed by atoms with van der Waals surface area (Å²) in [6.07, 6.45) is 72.8. The van der Waals surface area contributed by atoms with Gasteiger partial charge in [0.2, 0.25) is 0 Å². The lowest BCUT2D eigenvalue weighted by atomic mass is 10.1. The molecule has 356 valence electrons. The van der Waals surface area contributed by atoms with Gasteiger partial charge in [-0.2, -0.15) is 0 Å². The van der Waals surface area contributed by atoms with Crippen molar-refractivity contribution in [3.8, 4) is 0 Å². The highest BCUT2D eigenvalue weighted by atomic mass is 16.6. The first-order chi connectivity index (χ1) is 31.5. The molecule has 0 saturated heterocycles. The third kappa shape index (κ3) is 48.3. The zero-order valence-electron chi connectivity index (χ0n) is 40.5. The van der Waals surface area contributed by atoms with E-state index in [0.29, 0.717) is 19.3 Å². The summed E-state index contributed by atoms with van der Waals surface area (Å²) in [5.74, 6) is -1.14. The molecule has 0 fully saturated rings. The summed E-state index contributed by atoms with van der Waals surface area (Å²) >= 11 is 0. The van der Waals surface area contributed by atoms with E-state index in [-0.39, 0.29) is 44.4 Å². The van der Waals surface area contributed by atoms with Crippen LogP contribution in [0.2, 0.25) is 0 Å². The lowest BCUT2D eigenvalue weighted by Crippen LogP contribution is -2.30. The molecule has 64 heavy (non-hydrogen) atoms. The monoisotopic (exact) mass is 881 g/mol. The first-order valence-electron chi connectivity index (χ1n) is 24.9. The normalized spacial score (nSPS) is 13.4. The summed E-state index contributed by atoms with van der Waals surface area (Å²) in [7, 11) is 0. The van der Waals surface area contributed by atoms with E-state index in [9.17, 15) is 14.4 Å². The molecule has 0 bridgehead atoms. The molecule has 0 aromatic carbocycles. The van der Waals surface area contributed by atoms with Gasteiger partial charge in [0.05, 0.1) is 0 Å². The van der Waals surface area contributed by atoms with Crippen molar-refractivity contribution in [2.24, 2.45) is 0 Å². The van der Waals surface area contributed by atoms with Crippen LogP contribution in [-0.2, 0) is 28.6 Å². The highest BCUT2D eigenvalue weighted by Crippen LogP contribution is 2.10. The van der Waals surface area contributed by atoms with Gasteiger partial charge >= 0.3 is 17.9 Å². The predicted molar refractivity (Wildman–Crippen MR) is 274 cm³/mol. The van der Waals surface area contributed by atoms with E-state index in [1.165, 1.54) is 44.9 Å². The van der Waals surface area contributed by atoms with E-state index in [0.717, 1.165) is 77.0 Å². The lowest BCUT2D eigenvalue weighted by Gasteiger charge is -2.18. The minimum absolute atomic E-state index is 0.150. The molecule has 0 aromatic heterocycles. The molecule has 0 aliphatic rings. The summed E-state index contributed by atoms with van der Waals surface area (Å²) in [5.41, 5.74) is 0. The second-order valence-electron chi connectivity index (χ2n) is 15.7. The Bertz CT molecular complexity index is 1480. The van der Waals surface area contributed by atoms with Crippen LogP contribution in [0.5, 0.6) is 0 Å². The number of ether oxygens (including phenoxy) is 3. The molecule has 1 atom stereocenters. The van der Waals surface area contributed by atoms with E-state index >= 15 is 0 Å². The van der Waals surface area contributed by atoms with Gasteiger partial charge in [0.1, 0.15) is 13.2 Å². The van der Waals surface area contributed by atoms with Crippen LogP contribution in [0.25, 0.3) is 0 Å². The molecule has 0 aliphatic carbocycles. The van der Waals surface area contributed by atoms with Gasteiger partial charge in [0, 0.05) is 19.3 Å². The molecule has 0 N–H and O–H groups in total. The number of hydrogen-bond donors (Lipinski definition) is 0. The Morgan fingerprint density at radius 2 is 0.734 bits per heavy atom. The first-order valence-corrected chi connectivity index (χ1v) is 24.9. The SMILES string of the molecule is CC\C=C/C=C\C=C/C=C\CCCCCC(=O)OCC(COC(=O)CCC/C=C\C/C=C\C/C=C\CCCCCCCC)OC(=O)CC/C=C\C/C=C\C/C=C\C/C=C\C/C=C\CC. The van der Waals surface area contributed by atoms with Gasteiger partial charge in [0.25, 0.3) is 0 Å². The Labute approximate surface area is 391 Å². The van der Waals surface area contributed by atoms with Crippen LogP contribution < -0.4 is 0 Å². The number of unbranched alkanes of at least 4 members (excludes halogenated alkanes) is 10. The number of allylic oxidation sites excluding steroid dienone is 24. The average molecular weight is 881 g/mol. The Hall–Kier alpha value is -4.71. The van der Waals surface area contributed by atoms with Crippen LogP contribution >= 0.6 is 0 Å². The molecule has 0 heterocycles. The van der Waals surface area contributed by atoms with Crippen LogP contribution in [-0.4, -0.2) is 37.2 Å². The van der Waals surface area contributed by atoms with E-state index in [1.54, 1.807) is 0 Å². The van der Waals surface area contributed by atoms with Crippen molar-refractivity contribution < 1.29 is 28.6 Å². The van der Waals surface area contributed by atoms with E-state index in [2.05, 4.69) is 118 Å². The van der Waals surface area contributed by atoms with Crippen LogP contribution in [0.3, 0.4) is 0 Å². The van der Waals surface area contributed by atoms with Crippen molar-refractivity contribution in [1.29, 1.82) is 0 Å². The second-order valence-corrected chi connectivity index (χ2v) is 15.7. The minimum Gasteiger partial charge on any atom is -0.462 e. The highest BCUT2D eigenvalue weighted by Gasteiger charge is 2.19. The number of rotatable bonds is 42. The Morgan fingerprint density at radius 1 is 0.344 bits per heavy atom. The Morgan fingerprint density at radius 3 is 1.27 bits per heavy atom. The van der Waals surface area contributed by atoms with Crippen molar-refractivity contribution in [2.45, 2.75) is 187 Å². The highest BCUT2D eigenvalue weighted by molar-refractivity contribution is 5.71. The summed E-state index contributed by atoms with van der Waals surface area (Å²) in [6, 6.07) is 0. The minimum atomic E-state index is -0.860. The largest absolute Gasteiger partial charge is 0.462 e. The van der Waals surface area contributed by atoms with Crippen molar-refractivity contribution in [2.75, 3.05) is 13.2 Å². The van der Waals surface area contributed by atoms with Gasteiger partial charge in [0.15, 0.2) is 6.10 Å². The fourth-order valence-corrected chi connectivity index (χ4v) is 5.99. The third-order valence-corrected chi connectivity index (χ3v) is 9.67. The van der Waals surface area contributed by atoms with E-state index in [4.69, 9.17) is 14.2 Å². The molecule has 0 aliphatic heterocycles. The summed E-state index contributed by atoms with van der Waals surface area (Å²) < 4.78 is 16.6. The number of carbonyl (C=O) groups excluding carboxylic acids is 3. The van der Waals surface area contributed by atoms with Gasteiger partial charge in [-0.05, 0) is 103 Å². The van der Waals surface area contributed by atoms with Crippen LogP contribution in [0, 0.1) is 0 Å². The van der Waals surface area contributed by atoms with Crippen LogP contribution in [0.15, 0.2) is 146 Å².